The molecule has 0 aromatic heterocycles. The molecule has 4 bridgehead atoms. The van der Waals surface area contributed by atoms with Crippen LogP contribution in [0.4, 0.5) is 11.4 Å². The van der Waals surface area contributed by atoms with Crippen molar-refractivity contribution in [1.29, 1.82) is 0 Å². The molecule has 32 heavy (non-hydrogen) atoms. The van der Waals surface area contributed by atoms with Gasteiger partial charge in [-0.2, -0.15) is 0 Å². The van der Waals surface area contributed by atoms with E-state index in [9.17, 15) is 4.79 Å². The maximum atomic E-state index is 13.5. The number of carbonyl (C=O) groups is 1. The first-order chi connectivity index (χ1) is 15.7. The van der Waals surface area contributed by atoms with E-state index in [1.54, 1.807) is 0 Å². The van der Waals surface area contributed by atoms with Gasteiger partial charge < -0.3 is 10.2 Å². The highest BCUT2D eigenvalue weighted by Gasteiger charge is 2.54. The van der Waals surface area contributed by atoms with Crippen molar-refractivity contribution in [3.05, 3.63) is 24.3 Å². The molecule has 6 fully saturated rings. The first-order valence-corrected chi connectivity index (χ1v) is 13.9. The van der Waals surface area contributed by atoms with E-state index in [4.69, 9.17) is 0 Å². The Hall–Kier alpha value is -1.51. The fourth-order valence-electron chi connectivity index (χ4n) is 8.81. The second-order valence-corrected chi connectivity index (χ2v) is 12.2. The number of hydrogen-bond acceptors (Lipinski definition) is 2. The Kier molecular flexibility index (Phi) is 5.72. The van der Waals surface area contributed by atoms with Crippen molar-refractivity contribution < 1.29 is 4.79 Å². The lowest BCUT2D eigenvalue weighted by atomic mass is 9.49. The molecule has 1 amide bonds. The van der Waals surface area contributed by atoms with Crippen LogP contribution < -0.4 is 10.2 Å². The van der Waals surface area contributed by atoms with E-state index in [0.29, 0.717) is 18.0 Å². The van der Waals surface area contributed by atoms with Crippen LogP contribution in [0, 0.1) is 23.2 Å². The highest BCUT2D eigenvalue weighted by Crippen LogP contribution is 2.60. The van der Waals surface area contributed by atoms with Crippen LogP contribution in [0.3, 0.4) is 0 Å². The van der Waals surface area contributed by atoms with Crippen LogP contribution in [-0.4, -0.2) is 18.0 Å². The molecule has 6 aliphatic rings. The summed E-state index contributed by atoms with van der Waals surface area (Å²) in [4.78, 5) is 16.3. The fourth-order valence-corrected chi connectivity index (χ4v) is 8.81. The molecule has 7 rings (SSSR count). The summed E-state index contributed by atoms with van der Waals surface area (Å²) in [6, 6.07) is 10.4. The van der Waals surface area contributed by atoms with Crippen molar-refractivity contribution in [3.8, 4) is 0 Å². The Labute approximate surface area is 194 Å². The normalized spacial score (nSPS) is 35.1. The monoisotopic (exact) mass is 434 g/mol. The summed E-state index contributed by atoms with van der Waals surface area (Å²) in [6.45, 7) is 0. The van der Waals surface area contributed by atoms with Crippen LogP contribution in [0.25, 0.3) is 0 Å². The summed E-state index contributed by atoms with van der Waals surface area (Å²) in [5.74, 6) is 2.76. The largest absolute Gasteiger partial charge is 0.366 e. The fraction of sp³-hybridized carbons (Fsp3) is 0.759. The van der Waals surface area contributed by atoms with E-state index < -0.39 is 0 Å². The average Bonchev–Trinajstić information content (AvgIpc) is 2.81. The SMILES string of the molecule is O=C(Nc1ccc(N(C2CCCCC2)C2CCCCC2)cc1)C12CC3CC(CC(C3)C1)C2. The van der Waals surface area contributed by atoms with Gasteiger partial charge in [0.1, 0.15) is 0 Å². The summed E-state index contributed by atoms with van der Waals surface area (Å²) in [5.41, 5.74) is 2.32. The van der Waals surface area contributed by atoms with Crippen LogP contribution in [0.15, 0.2) is 24.3 Å². The Morgan fingerprint density at radius 2 is 1.19 bits per heavy atom. The first kappa shape index (κ1) is 21.1. The molecule has 174 valence electrons. The van der Waals surface area contributed by atoms with Gasteiger partial charge in [-0.05, 0) is 106 Å². The van der Waals surface area contributed by atoms with Gasteiger partial charge in [0, 0.05) is 23.5 Å². The number of nitrogens with zero attached hydrogens (tertiary/aromatic N) is 1. The molecule has 0 heterocycles. The number of anilines is 2. The Morgan fingerprint density at radius 1 is 0.719 bits per heavy atom. The molecular formula is C29H42N2O. The van der Waals surface area contributed by atoms with Crippen LogP contribution >= 0.6 is 0 Å². The molecule has 3 heteroatoms. The highest BCUT2D eigenvalue weighted by atomic mass is 16.2. The van der Waals surface area contributed by atoms with Crippen LogP contribution in [0.2, 0.25) is 0 Å². The molecule has 1 N–H and O–H groups in total. The number of nitrogens with one attached hydrogen (secondary N) is 1. The van der Waals surface area contributed by atoms with Gasteiger partial charge in [-0.3, -0.25) is 4.79 Å². The van der Waals surface area contributed by atoms with E-state index in [1.165, 1.54) is 89.2 Å². The predicted octanol–water partition coefficient (Wildman–Crippen LogP) is 7.31. The Balaban J connectivity index is 1.17. The maximum absolute atomic E-state index is 13.5. The molecule has 0 radical (unpaired) electrons. The van der Waals surface area contributed by atoms with Gasteiger partial charge >= 0.3 is 0 Å². The third-order valence-corrected chi connectivity index (χ3v) is 9.88. The third kappa shape index (κ3) is 3.99. The van der Waals surface area contributed by atoms with Crippen molar-refractivity contribution in [2.24, 2.45) is 23.2 Å². The summed E-state index contributed by atoms with van der Waals surface area (Å²) in [5, 5.41) is 3.37. The van der Waals surface area contributed by atoms with Gasteiger partial charge in [-0.25, -0.2) is 0 Å². The Morgan fingerprint density at radius 3 is 1.66 bits per heavy atom. The third-order valence-electron chi connectivity index (χ3n) is 9.88. The molecule has 0 saturated heterocycles. The first-order valence-electron chi connectivity index (χ1n) is 13.9. The minimum Gasteiger partial charge on any atom is -0.366 e. The van der Waals surface area contributed by atoms with Gasteiger partial charge in [-0.15, -0.1) is 0 Å². The van der Waals surface area contributed by atoms with Gasteiger partial charge in [0.05, 0.1) is 5.41 Å². The smallest absolute Gasteiger partial charge is 0.230 e. The van der Waals surface area contributed by atoms with E-state index in [0.717, 1.165) is 42.7 Å². The molecule has 6 saturated carbocycles. The lowest BCUT2D eigenvalue weighted by Crippen LogP contribution is -2.51. The second kappa shape index (κ2) is 8.69. The number of carbonyl (C=O) groups excluding carboxylic acids is 1. The number of amides is 1. The van der Waals surface area contributed by atoms with Gasteiger partial charge in [0.2, 0.25) is 5.91 Å². The zero-order chi connectivity index (χ0) is 21.5. The van der Waals surface area contributed by atoms with Gasteiger partial charge in [0.25, 0.3) is 0 Å². The molecule has 1 aromatic rings. The summed E-state index contributed by atoms with van der Waals surface area (Å²) >= 11 is 0. The van der Waals surface area contributed by atoms with Crippen molar-refractivity contribution >= 4 is 17.3 Å². The van der Waals surface area contributed by atoms with Crippen molar-refractivity contribution in [1.82, 2.24) is 0 Å². The zero-order valence-electron chi connectivity index (χ0n) is 19.9. The molecule has 3 nitrogen and oxygen atoms in total. The average molecular weight is 435 g/mol. The van der Waals surface area contributed by atoms with E-state index in [2.05, 4.69) is 34.5 Å². The van der Waals surface area contributed by atoms with Gasteiger partial charge in [-0.1, -0.05) is 38.5 Å². The highest BCUT2D eigenvalue weighted by molar-refractivity contribution is 5.95. The summed E-state index contributed by atoms with van der Waals surface area (Å²) in [7, 11) is 0. The predicted molar refractivity (Wildman–Crippen MR) is 132 cm³/mol. The Bertz CT molecular complexity index is 750. The van der Waals surface area contributed by atoms with Crippen molar-refractivity contribution in [2.75, 3.05) is 10.2 Å². The van der Waals surface area contributed by atoms with Crippen LogP contribution in [-0.2, 0) is 4.79 Å². The lowest BCUT2D eigenvalue weighted by Gasteiger charge is -2.55. The minimum atomic E-state index is -0.0658. The van der Waals surface area contributed by atoms with Crippen molar-refractivity contribution in [3.63, 3.8) is 0 Å². The lowest BCUT2D eigenvalue weighted by molar-refractivity contribution is -0.140. The minimum absolute atomic E-state index is 0.0658. The quantitative estimate of drug-likeness (QED) is 0.527. The molecule has 0 unspecified atom stereocenters. The molecular weight excluding hydrogens is 392 g/mol. The van der Waals surface area contributed by atoms with E-state index in [1.807, 2.05) is 0 Å². The standard InChI is InChI=1S/C29H42N2O/c32-28(29-18-21-15-22(19-29)17-23(16-21)20-29)30-24-11-13-27(14-12-24)31(25-7-3-1-4-8-25)26-9-5-2-6-10-26/h11-14,21-23,25-26H,1-10,15-20H2,(H,30,32). The van der Waals surface area contributed by atoms with E-state index in [-0.39, 0.29) is 5.41 Å². The number of benzene rings is 1. The molecule has 0 aliphatic heterocycles. The van der Waals surface area contributed by atoms with Crippen LogP contribution in [0.1, 0.15) is 103 Å². The topological polar surface area (TPSA) is 32.3 Å². The van der Waals surface area contributed by atoms with Crippen LogP contribution in [0.5, 0.6) is 0 Å². The molecule has 1 aromatic carbocycles. The molecule has 0 atom stereocenters. The maximum Gasteiger partial charge on any atom is 0.230 e. The summed E-state index contributed by atoms with van der Waals surface area (Å²) in [6.07, 6.45) is 21.3. The van der Waals surface area contributed by atoms with Crippen molar-refractivity contribution in [2.45, 2.75) is 115 Å². The van der Waals surface area contributed by atoms with E-state index >= 15 is 0 Å². The molecule has 0 spiro atoms. The van der Waals surface area contributed by atoms with Gasteiger partial charge in [0.15, 0.2) is 0 Å². The number of hydrogen-bond donors (Lipinski definition) is 1. The second-order valence-electron chi connectivity index (χ2n) is 12.2. The summed E-state index contributed by atoms with van der Waals surface area (Å²) < 4.78 is 0. The molecule has 6 aliphatic carbocycles. The zero-order valence-corrected chi connectivity index (χ0v) is 19.9. The number of rotatable bonds is 5.